The van der Waals surface area contributed by atoms with Crippen molar-refractivity contribution in [2.75, 3.05) is 0 Å². The van der Waals surface area contributed by atoms with Crippen LogP contribution < -0.4 is 23.8 Å². The minimum absolute atomic E-state index is 0. The van der Waals surface area contributed by atoms with Gasteiger partial charge in [-0.1, -0.05) is 0 Å². The van der Waals surface area contributed by atoms with Crippen molar-refractivity contribution in [3.63, 3.8) is 0 Å². The zero-order chi connectivity index (χ0) is 19.1. The maximum absolute atomic E-state index is 9.91. The fourth-order valence-electron chi connectivity index (χ4n) is 0.184. The second-order valence-corrected chi connectivity index (χ2v) is 4.20. The molecule has 4 N–H and O–H groups in total. The fourth-order valence-corrected chi connectivity index (χ4v) is 0.553. The largest absolute Gasteiger partial charge is 1.00 e. The van der Waals surface area contributed by atoms with E-state index in [9.17, 15) is 19.2 Å². The van der Waals surface area contributed by atoms with Crippen LogP contribution in [0.2, 0.25) is 0 Å². The van der Waals surface area contributed by atoms with Gasteiger partial charge >= 0.3 is 42.7 Å². The van der Waals surface area contributed by atoms with Crippen LogP contribution in [0.1, 0.15) is 0 Å². The van der Waals surface area contributed by atoms with Gasteiger partial charge in [0.05, 0.1) is 0 Å². The van der Waals surface area contributed by atoms with E-state index in [0.717, 1.165) is 0 Å². The summed E-state index contributed by atoms with van der Waals surface area (Å²) in [7, 11) is -4.89. The summed E-state index contributed by atoms with van der Waals surface area (Å²) in [5.74, 6) is -6.31. The number of carbonyl (C=O) groups excluding carboxylic acids is 2. The molecule has 0 amide bonds. The standard InChI is InChI=1S/2C3HNO4S.Li.H3O4P/c2*4-1-9-8-3(7)2(5)6;;1-5(2,3)4/h2*(H,5,6);;(H3,1,2,3,4)/q;;+1;/p-1. The molecule has 0 aromatic heterocycles. The van der Waals surface area contributed by atoms with E-state index in [2.05, 4.69) is 8.37 Å². The van der Waals surface area contributed by atoms with E-state index in [1.807, 2.05) is 0 Å². The molecule has 0 radical (unpaired) electrons. The first-order valence-electron chi connectivity index (χ1n) is 4.13. The molecule has 0 spiro atoms. The van der Waals surface area contributed by atoms with E-state index in [-0.39, 0.29) is 42.9 Å². The van der Waals surface area contributed by atoms with E-state index in [4.69, 9.17) is 40.0 Å². The molecule has 18 heteroatoms. The first-order chi connectivity index (χ1) is 10.4. The van der Waals surface area contributed by atoms with Crippen LogP contribution in [0.4, 0.5) is 0 Å². The van der Waals surface area contributed by atoms with Crippen LogP contribution in [0.15, 0.2) is 0 Å². The molecule has 0 atom stereocenters. The first-order valence-corrected chi connectivity index (χ1v) is 7.14. The molecule has 0 bridgehead atoms. The van der Waals surface area contributed by atoms with Crippen LogP contribution in [0.25, 0.3) is 0 Å². The number of nitriles is 2. The molecule has 0 unspecified atom stereocenters. The summed E-state index contributed by atoms with van der Waals surface area (Å²) in [6.45, 7) is 0. The monoisotopic (exact) mass is 398 g/mol. The van der Waals surface area contributed by atoms with Gasteiger partial charge in [0.25, 0.3) is 7.82 Å². The van der Waals surface area contributed by atoms with Crippen molar-refractivity contribution >= 4 is 55.8 Å². The van der Waals surface area contributed by atoms with Crippen LogP contribution in [0.3, 0.4) is 0 Å². The molecule has 14 nitrogen and oxygen atoms in total. The number of carbonyl (C=O) groups is 4. The maximum atomic E-state index is 9.91. The van der Waals surface area contributed by atoms with Gasteiger partial charge in [0.1, 0.15) is 0 Å². The summed E-state index contributed by atoms with van der Waals surface area (Å²) in [4.78, 5) is 62.0. The smallest absolute Gasteiger partial charge is 0.756 e. The zero-order valence-electron chi connectivity index (χ0n) is 11.2. The predicted molar refractivity (Wildman–Crippen MR) is 65.9 cm³/mol. The van der Waals surface area contributed by atoms with Crippen LogP contribution >= 0.6 is 31.9 Å². The van der Waals surface area contributed by atoms with Gasteiger partial charge in [-0.25, -0.2) is 19.2 Å². The Morgan fingerprint density at radius 1 is 0.917 bits per heavy atom. The van der Waals surface area contributed by atoms with Crippen LogP contribution in [-0.4, -0.2) is 43.9 Å². The minimum atomic E-state index is -4.89. The third-order valence-corrected chi connectivity index (χ3v) is 1.28. The van der Waals surface area contributed by atoms with Gasteiger partial charge in [0, 0.05) is 0 Å². The van der Waals surface area contributed by atoms with Crippen molar-refractivity contribution in [1.82, 2.24) is 0 Å². The SMILES string of the molecule is N#CSOC(=O)C(=O)O.N#CSOC(=O)C(=O)O.O=P([O-])(O)O.[Li+]. The molecule has 0 aromatic rings. The topological polar surface area (TPSA) is 255 Å². The number of carboxylic acid groups (broad SMARTS) is 2. The molecule has 128 valence electrons. The summed E-state index contributed by atoms with van der Waals surface area (Å²) in [5.41, 5.74) is 0. The molecule has 0 rings (SSSR count). The van der Waals surface area contributed by atoms with Crippen molar-refractivity contribution in [3.05, 3.63) is 0 Å². The molecule has 0 aliphatic carbocycles. The van der Waals surface area contributed by atoms with Crippen LogP contribution in [-0.2, 0) is 32.1 Å². The molecule has 0 aliphatic rings. The number of thiocyanates is 2. The average Bonchev–Trinajstić information content (AvgIpc) is 2.40. The fraction of sp³-hybridized carbons (Fsp3) is 0. The predicted octanol–water partition coefficient (Wildman–Crippen LogP) is -5.07. The van der Waals surface area contributed by atoms with E-state index in [1.165, 1.54) is 10.8 Å². The average molecular weight is 398 g/mol. The summed E-state index contributed by atoms with van der Waals surface area (Å²) in [5, 5.41) is 33.8. The Morgan fingerprint density at radius 3 is 1.25 bits per heavy atom. The molecule has 0 aliphatic heterocycles. The summed E-state index contributed by atoms with van der Waals surface area (Å²) < 4.78 is 16.3. The Morgan fingerprint density at radius 2 is 1.12 bits per heavy atom. The molecule has 24 heavy (non-hydrogen) atoms. The van der Waals surface area contributed by atoms with Crippen molar-refractivity contribution < 1.29 is 75.9 Å². The molecule has 0 saturated carbocycles. The number of carboxylic acids is 2. The third-order valence-electron chi connectivity index (χ3n) is 0.658. The molecular formula is C6H4LiN2O12PS2. The Balaban J connectivity index is -0.000000128. The van der Waals surface area contributed by atoms with Crippen molar-refractivity contribution in [3.8, 4) is 10.8 Å². The Hall–Kier alpha value is -1.73. The molecule has 0 aromatic carbocycles. The number of rotatable bonds is 2. The normalized spacial score (nSPS) is 8.04. The molecule has 0 saturated heterocycles. The van der Waals surface area contributed by atoms with E-state index in [1.54, 1.807) is 0 Å². The number of aliphatic carboxylic acids is 2. The Bertz CT molecular complexity index is 517. The Kier molecular flexibility index (Phi) is 22.2. The quantitative estimate of drug-likeness (QED) is 0.111. The second kappa shape index (κ2) is 17.6. The summed E-state index contributed by atoms with van der Waals surface area (Å²) in [6, 6.07) is 0. The first kappa shape index (κ1) is 30.2. The van der Waals surface area contributed by atoms with Gasteiger partial charge in [-0.15, -0.1) is 0 Å². The van der Waals surface area contributed by atoms with E-state index < -0.39 is 31.7 Å². The molecular weight excluding hydrogens is 394 g/mol. The maximum Gasteiger partial charge on any atom is 1.00 e. The van der Waals surface area contributed by atoms with E-state index in [0.29, 0.717) is 0 Å². The zero-order valence-corrected chi connectivity index (χ0v) is 13.7. The summed E-state index contributed by atoms with van der Waals surface area (Å²) in [6.07, 6.45) is 0. The van der Waals surface area contributed by atoms with Crippen LogP contribution in [0, 0.1) is 21.3 Å². The Labute approximate surface area is 153 Å². The van der Waals surface area contributed by atoms with Crippen molar-refractivity contribution in [2.45, 2.75) is 0 Å². The summed E-state index contributed by atoms with van der Waals surface area (Å²) >= 11 is 0.239. The number of nitrogens with zero attached hydrogens (tertiary/aromatic N) is 2. The van der Waals surface area contributed by atoms with Gasteiger partial charge in [-0.05, 0) is 0 Å². The van der Waals surface area contributed by atoms with Crippen molar-refractivity contribution in [2.24, 2.45) is 0 Å². The minimum Gasteiger partial charge on any atom is -0.756 e. The molecule has 0 fully saturated rings. The van der Waals surface area contributed by atoms with Gasteiger partial charge < -0.3 is 33.3 Å². The van der Waals surface area contributed by atoms with Crippen LogP contribution in [0.5, 0.6) is 0 Å². The van der Waals surface area contributed by atoms with Gasteiger partial charge in [0.2, 0.25) is 0 Å². The third kappa shape index (κ3) is 37.0. The van der Waals surface area contributed by atoms with Gasteiger partial charge in [-0.3, -0.25) is 4.57 Å². The van der Waals surface area contributed by atoms with E-state index >= 15 is 0 Å². The number of hydrogen-bond donors (Lipinski definition) is 4. The number of phosphoric acid groups is 1. The second-order valence-electron chi connectivity index (χ2n) is 2.19. The van der Waals surface area contributed by atoms with Gasteiger partial charge in [0.15, 0.2) is 34.9 Å². The van der Waals surface area contributed by atoms with Gasteiger partial charge in [-0.2, -0.15) is 10.5 Å². The number of hydrogen-bond acceptors (Lipinski definition) is 12. The van der Waals surface area contributed by atoms with Crippen molar-refractivity contribution in [1.29, 1.82) is 10.5 Å². The molecule has 0 heterocycles.